The summed E-state index contributed by atoms with van der Waals surface area (Å²) >= 11 is 0. The number of nitrogens with zero attached hydrogens (tertiary/aromatic N) is 1. The molecule has 1 fully saturated rings. The third kappa shape index (κ3) is 1.79. The Labute approximate surface area is 104 Å². The van der Waals surface area contributed by atoms with Crippen LogP contribution in [0.25, 0.3) is 10.9 Å². The van der Waals surface area contributed by atoms with E-state index in [-0.39, 0.29) is 0 Å². The second-order valence-corrected chi connectivity index (χ2v) is 4.56. The van der Waals surface area contributed by atoms with Crippen LogP contribution < -0.4 is 4.74 Å². The number of aromatic carboxylic acids is 1. The van der Waals surface area contributed by atoms with Gasteiger partial charge in [-0.25, -0.2) is 4.79 Å². The van der Waals surface area contributed by atoms with Gasteiger partial charge < -0.3 is 9.84 Å². The maximum absolute atomic E-state index is 11.3. The second kappa shape index (κ2) is 3.98. The minimum atomic E-state index is -0.908. The highest BCUT2D eigenvalue weighted by Crippen LogP contribution is 2.40. The van der Waals surface area contributed by atoms with Gasteiger partial charge in [0.25, 0.3) is 0 Å². The SMILES string of the molecule is COc1ccc2c(C(=O)O)cc(C3CC3)nc2c1. The van der Waals surface area contributed by atoms with Crippen LogP contribution in [-0.4, -0.2) is 23.2 Å². The molecule has 0 bridgehead atoms. The molecule has 0 atom stereocenters. The molecule has 0 saturated heterocycles. The first-order valence-electron chi connectivity index (χ1n) is 5.91. The summed E-state index contributed by atoms with van der Waals surface area (Å²) in [5.41, 5.74) is 1.90. The highest BCUT2D eigenvalue weighted by atomic mass is 16.5. The molecule has 0 spiro atoms. The molecule has 1 N–H and O–H groups in total. The first kappa shape index (κ1) is 11.0. The Morgan fingerprint density at radius 3 is 2.78 bits per heavy atom. The predicted octanol–water partition coefficient (Wildman–Crippen LogP) is 2.82. The lowest BCUT2D eigenvalue weighted by Crippen LogP contribution is -2.01. The van der Waals surface area contributed by atoms with Crippen LogP contribution in [0.5, 0.6) is 5.75 Å². The van der Waals surface area contributed by atoms with Gasteiger partial charge in [0.1, 0.15) is 5.75 Å². The van der Waals surface area contributed by atoms with Gasteiger partial charge in [-0.1, -0.05) is 0 Å². The molecule has 18 heavy (non-hydrogen) atoms. The molecule has 2 aromatic rings. The van der Waals surface area contributed by atoms with Crippen molar-refractivity contribution in [2.45, 2.75) is 18.8 Å². The molecule has 0 radical (unpaired) electrons. The third-order valence-electron chi connectivity index (χ3n) is 3.26. The van der Waals surface area contributed by atoms with Gasteiger partial charge in [0.05, 0.1) is 18.2 Å². The van der Waals surface area contributed by atoms with E-state index in [1.165, 1.54) is 0 Å². The number of aromatic nitrogens is 1. The standard InChI is InChI=1S/C14H13NO3/c1-18-9-4-5-10-11(14(16)17)7-12(8-2-3-8)15-13(10)6-9/h4-8H,2-3H2,1H3,(H,16,17). The topological polar surface area (TPSA) is 59.4 Å². The Morgan fingerprint density at radius 2 is 2.17 bits per heavy atom. The fraction of sp³-hybridized carbons (Fsp3) is 0.286. The van der Waals surface area contributed by atoms with E-state index in [0.717, 1.165) is 18.5 Å². The maximum Gasteiger partial charge on any atom is 0.336 e. The number of ether oxygens (including phenoxy) is 1. The highest BCUT2D eigenvalue weighted by molar-refractivity contribution is 6.02. The number of carboxylic acids is 1. The number of rotatable bonds is 3. The van der Waals surface area contributed by atoms with Crippen LogP contribution in [0.4, 0.5) is 0 Å². The molecule has 0 amide bonds. The molecule has 4 heteroatoms. The second-order valence-electron chi connectivity index (χ2n) is 4.56. The molecule has 1 saturated carbocycles. The van der Waals surface area contributed by atoms with Gasteiger partial charge >= 0.3 is 5.97 Å². The van der Waals surface area contributed by atoms with Crippen LogP contribution >= 0.6 is 0 Å². The minimum absolute atomic E-state index is 0.324. The number of hydrogen-bond acceptors (Lipinski definition) is 3. The third-order valence-corrected chi connectivity index (χ3v) is 3.26. The molecule has 1 heterocycles. The molecular weight excluding hydrogens is 230 g/mol. The van der Waals surface area contributed by atoms with E-state index >= 15 is 0 Å². The molecule has 0 aliphatic heterocycles. The van der Waals surface area contributed by atoms with Gasteiger partial charge in [-0.2, -0.15) is 0 Å². The summed E-state index contributed by atoms with van der Waals surface area (Å²) in [7, 11) is 1.59. The number of pyridine rings is 1. The number of benzene rings is 1. The highest BCUT2D eigenvalue weighted by Gasteiger charge is 2.26. The average Bonchev–Trinajstić information content (AvgIpc) is 3.20. The lowest BCUT2D eigenvalue weighted by molar-refractivity contribution is 0.0699. The lowest BCUT2D eigenvalue weighted by atomic mass is 10.1. The van der Waals surface area contributed by atoms with Gasteiger partial charge in [-0.15, -0.1) is 0 Å². The van der Waals surface area contributed by atoms with Crippen LogP contribution in [0, 0.1) is 0 Å². The molecule has 3 rings (SSSR count). The van der Waals surface area contributed by atoms with E-state index < -0.39 is 5.97 Å². The molecular formula is C14H13NO3. The Hall–Kier alpha value is -2.10. The summed E-state index contributed by atoms with van der Waals surface area (Å²) in [4.78, 5) is 15.9. The van der Waals surface area contributed by atoms with Crippen molar-refractivity contribution in [1.82, 2.24) is 4.98 Å². The Balaban J connectivity index is 2.26. The van der Waals surface area contributed by atoms with E-state index in [1.54, 1.807) is 31.4 Å². The largest absolute Gasteiger partial charge is 0.497 e. The fourth-order valence-electron chi connectivity index (χ4n) is 2.12. The molecule has 1 aliphatic rings. The summed E-state index contributed by atoms with van der Waals surface area (Å²) in [5.74, 6) is 0.215. The zero-order valence-corrected chi connectivity index (χ0v) is 10.0. The van der Waals surface area contributed by atoms with Crippen molar-refractivity contribution in [2.24, 2.45) is 0 Å². The molecule has 1 aliphatic carbocycles. The van der Waals surface area contributed by atoms with Crippen molar-refractivity contribution in [3.8, 4) is 5.75 Å². The average molecular weight is 243 g/mol. The fourth-order valence-corrected chi connectivity index (χ4v) is 2.12. The zero-order valence-electron chi connectivity index (χ0n) is 10.0. The first-order chi connectivity index (χ1) is 8.69. The van der Waals surface area contributed by atoms with Crippen molar-refractivity contribution in [3.63, 3.8) is 0 Å². The van der Waals surface area contributed by atoms with Gasteiger partial charge in [0.15, 0.2) is 0 Å². The number of carbonyl (C=O) groups is 1. The Kier molecular flexibility index (Phi) is 2.44. The van der Waals surface area contributed by atoms with Gasteiger partial charge in [-0.3, -0.25) is 4.98 Å². The molecule has 1 aromatic carbocycles. The summed E-state index contributed by atoms with van der Waals surface area (Å²) in [6.07, 6.45) is 2.20. The summed E-state index contributed by atoms with van der Waals surface area (Å²) in [6.45, 7) is 0. The number of carboxylic acid groups (broad SMARTS) is 1. The van der Waals surface area contributed by atoms with Gasteiger partial charge in [-0.05, 0) is 31.0 Å². The van der Waals surface area contributed by atoms with E-state index in [0.29, 0.717) is 28.1 Å². The van der Waals surface area contributed by atoms with Crippen LogP contribution in [0.15, 0.2) is 24.3 Å². The van der Waals surface area contributed by atoms with E-state index in [4.69, 9.17) is 4.74 Å². The normalized spacial score (nSPS) is 14.7. The molecule has 92 valence electrons. The van der Waals surface area contributed by atoms with Crippen molar-refractivity contribution in [3.05, 3.63) is 35.5 Å². The molecule has 1 aromatic heterocycles. The van der Waals surface area contributed by atoms with Crippen molar-refractivity contribution in [2.75, 3.05) is 7.11 Å². The van der Waals surface area contributed by atoms with Crippen molar-refractivity contribution >= 4 is 16.9 Å². The van der Waals surface area contributed by atoms with Crippen LogP contribution in [-0.2, 0) is 0 Å². The van der Waals surface area contributed by atoms with Crippen LogP contribution in [0.3, 0.4) is 0 Å². The van der Waals surface area contributed by atoms with Crippen LogP contribution in [0.2, 0.25) is 0 Å². The Bertz CT molecular complexity index is 632. The monoisotopic (exact) mass is 243 g/mol. The Morgan fingerprint density at radius 1 is 1.39 bits per heavy atom. The minimum Gasteiger partial charge on any atom is -0.497 e. The van der Waals surface area contributed by atoms with Gasteiger partial charge in [0.2, 0.25) is 0 Å². The van der Waals surface area contributed by atoms with Gasteiger partial charge in [0, 0.05) is 23.1 Å². The van der Waals surface area contributed by atoms with Crippen molar-refractivity contribution < 1.29 is 14.6 Å². The predicted molar refractivity (Wildman–Crippen MR) is 67.2 cm³/mol. The van der Waals surface area contributed by atoms with E-state index in [1.807, 2.05) is 0 Å². The number of methoxy groups -OCH3 is 1. The van der Waals surface area contributed by atoms with E-state index in [9.17, 15) is 9.90 Å². The molecule has 0 unspecified atom stereocenters. The number of hydrogen-bond donors (Lipinski definition) is 1. The summed E-state index contributed by atoms with van der Waals surface area (Å²) < 4.78 is 5.15. The maximum atomic E-state index is 11.3. The molecule has 4 nitrogen and oxygen atoms in total. The summed E-state index contributed by atoms with van der Waals surface area (Å²) in [5, 5.41) is 9.94. The van der Waals surface area contributed by atoms with E-state index in [2.05, 4.69) is 4.98 Å². The first-order valence-corrected chi connectivity index (χ1v) is 5.91. The number of fused-ring (bicyclic) bond motifs is 1. The summed E-state index contributed by atoms with van der Waals surface area (Å²) in [6, 6.07) is 7.00. The quantitative estimate of drug-likeness (QED) is 0.900. The smallest absolute Gasteiger partial charge is 0.336 e. The van der Waals surface area contributed by atoms with Crippen molar-refractivity contribution in [1.29, 1.82) is 0 Å². The lowest BCUT2D eigenvalue weighted by Gasteiger charge is -2.07. The zero-order chi connectivity index (χ0) is 12.7. The van der Waals surface area contributed by atoms with Crippen LogP contribution in [0.1, 0.15) is 34.8 Å².